The first kappa shape index (κ1) is 12.4. The fourth-order valence-corrected chi connectivity index (χ4v) is 2.49. The monoisotopic (exact) mass is 232 g/mol. The maximum Gasteiger partial charge on any atom is 0.0340 e. The molecule has 1 aromatic rings. The standard InChI is InChI=1S/C15H24N2/c1-3-8-14(9-4-1)16-12-7-13-17-15-10-5-2-6-11-15/h1,3-4,8-9,15-17H,2,5-7,10-13H2. The molecule has 2 nitrogen and oxygen atoms in total. The summed E-state index contributed by atoms with van der Waals surface area (Å²) in [5, 5.41) is 7.11. The molecular formula is C15H24N2. The van der Waals surface area contributed by atoms with Gasteiger partial charge in [-0.05, 0) is 37.9 Å². The number of nitrogens with one attached hydrogen (secondary N) is 2. The molecule has 2 rings (SSSR count). The zero-order valence-corrected chi connectivity index (χ0v) is 10.6. The summed E-state index contributed by atoms with van der Waals surface area (Å²) in [6, 6.07) is 11.2. The second-order valence-corrected chi connectivity index (χ2v) is 4.94. The quantitative estimate of drug-likeness (QED) is 0.734. The molecule has 17 heavy (non-hydrogen) atoms. The molecule has 0 aromatic heterocycles. The minimum Gasteiger partial charge on any atom is -0.385 e. The predicted molar refractivity (Wildman–Crippen MR) is 74.4 cm³/mol. The third-order valence-corrected chi connectivity index (χ3v) is 3.49. The van der Waals surface area contributed by atoms with Crippen LogP contribution in [0.5, 0.6) is 0 Å². The summed E-state index contributed by atoms with van der Waals surface area (Å²) in [5.74, 6) is 0. The molecular weight excluding hydrogens is 208 g/mol. The van der Waals surface area contributed by atoms with Crippen molar-refractivity contribution in [2.24, 2.45) is 0 Å². The van der Waals surface area contributed by atoms with Crippen LogP contribution in [0.3, 0.4) is 0 Å². The van der Waals surface area contributed by atoms with Gasteiger partial charge in [-0.2, -0.15) is 0 Å². The van der Waals surface area contributed by atoms with Crippen molar-refractivity contribution in [1.29, 1.82) is 0 Å². The molecule has 0 radical (unpaired) electrons. The van der Waals surface area contributed by atoms with Crippen LogP contribution in [0.25, 0.3) is 0 Å². The van der Waals surface area contributed by atoms with Gasteiger partial charge in [0, 0.05) is 18.3 Å². The third kappa shape index (κ3) is 4.78. The number of para-hydroxylation sites is 1. The summed E-state index contributed by atoms with van der Waals surface area (Å²) < 4.78 is 0. The average molecular weight is 232 g/mol. The Morgan fingerprint density at radius 3 is 2.47 bits per heavy atom. The van der Waals surface area contributed by atoms with E-state index in [1.54, 1.807) is 0 Å². The second-order valence-electron chi connectivity index (χ2n) is 4.94. The van der Waals surface area contributed by atoms with E-state index in [1.807, 2.05) is 0 Å². The molecule has 1 saturated carbocycles. The Morgan fingerprint density at radius 2 is 1.71 bits per heavy atom. The predicted octanol–water partition coefficient (Wildman–Crippen LogP) is 3.41. The zero-order chi connectivity index (χ0) is 11.8. The summed E-state index contributed by atoms with van der Waals surface area (Å²) in [6.45, 7) is 2.20. The molecule has 0 atom stereocenters. The van der Waals surface area contributed by atoms with E-state index in [0.29, 0.717) is 0 Å². The van der Waals surface area contributed by atoms with Gasteiger partial charge in [0.2, 0.25) is 0 Å². The van der Waals surface area contributed by atoms with E-state index in [1.165, 1.54) is 44.2 Å². The lowest BCUT2D eigenvalue weighted by molar-refractivity contribution is 0.373. The summed E-state index contributed by atoms with van der Waals surface area (Å²) in [5.41, 5.74) is 1.23. The van der Waals surface area contributed by atoms with Crippen molar-refractivity contribution >= 4 is 5.69 Å². The Balaban J connectivity index is 1.51. The number of hydrogen-bond donors (Lipinski definition) is 2. The molecule has 2 heteroatoms. The minimum atomic E-state index is 0.792. The topological polar surface area (TPSA) is 24.1 Å². The molecule has 0 unspecified atom stereocenters. The van der Waals surface area contributed by atoms with E-state index in [-0.39, 0.29) is 0 Å². The number of benzene rings is 1. The highest BCUT2D eigenvalue weighted by Crippen LogP contribution is 2.17. The number of rotatable bonds is 6. The Kier molecular flexibility index (Phi) is 5.37. The average Bonchev–Trinajstić information content (AvgIpc) is 2.41. The Hall–Kier alpha value is -1.02. The van der Waals surface area contributed by atoms with Gasteiger partial charge in [-0.1, -0.05) is 37.5 Å². The lowest BCUT2D eigenvalue weighted by atomic mass is 9.95. The molecule has 0 saturated heterocycles. The van der Waals surface area contributed by atoms with Crippen LogP contribution in [-0.4, -0.2) is 19.1 Å². The highest BCUT2D eigenvalue weighted by atomic mass is 14.9. The van der Waals surface area contributed by atoms with E-state index in [2.05, 4.69) is 41.0 Å². The van der Waals surface area contributed by atoms with Crippen molar-refractivity contribution in [3.63, 3.8) is 0 Å². The summed E-state index contributed by atoms with van der Waals surface area (Å²) in [7, 11) is 0. The Labute approximate surface area is 105 Å². The molecule has 1 fully saturated rings. The normalized spacial score (nSPS) is 16.9. The summed E-state index contributed by atoms with van der Waals surface area (Å²) in [6.07, 6.45) is 8.23. The van der Waals surface area contributed by atoms with Crippen LogP contribution in [0.1, 0.15) is 38.5 Å². The molecule has 0 bridgehead atoms. The molecule has 0 spiro atoms. The van der Waals surface area contributed by atoms with Crippen molar-refractivity contribution in [3.8, 4) is 0 Å². The summed E-state index contributed by atoms with van der Waals surface area (Å²) >= 11 is 0. The van der Waals surface area contributed by atoms with Gasteiger partial charge in [0.15, 0.2) is 0 Å². The fraction of sp³-hybridized carbons (Fsp3) is 0.600. The van der Waals surface area contributed by atoms with Gasteiger partial charge in [-0.25, -0.2) is 0 Å². The third-order valence-electron chi connectivity index (χ3n) is 3.49. The number of hydrogen-bond acceptors (Lipinski definition) is 2. The lowest BCUT2D eigenvalue weighted by Crippen LogP contribution is -2.32. The maximum atomic E-state index is 3.67. The zero-order valence-electron chi connectivity index (χ0n) is 10.6. The second kappa shape index (κ2) is 7.33. The fourth-order valence-electron chi connectivity index (χ4n) is 2.49. The molecule has 1 aliphatic carbocycles. The Bertz CT molecular complexity index is 291. The molecule has 2 N–H and O–H groups in total. The van der Waals surface area contributed by atoms with Crippen LogP contribution in [0, 0.1) is 0 Å². The van der Waals surface area contributed by atoms with E-state index in [4.69, 9.17) is 0 Å². The van der Waals surface area contributed by atoms with Gasteiger partial charge in [0.1, 0.15) is 0 Å². The van der Waals surface area contributed by atoms with Crippen LogP contribution in [0.4, 0.5) is 5.69 Å². The SMILES string of the molecule is c1ccc(NCCCNC2CCCCC2)cc1. The van der Waals surface area contributed by atoms with Crippen LogP contribution in [-0.2, 0) is 0 Å². The summed E-state index contributed by atoms with van der Waals surface area (Å²) in [4.78, 5) is 0. The minimum absolute atomic E-state index is 0.792. The molecule has 0 amide bonds. The van der Waals surface area contributed by atoms with E-state index < -0.39 is 0 Å². The van der Waals surface area contributed by atoms with Gasteiger partial charge >= 0.3 is 0 Å². The van der Waals surface area contributed by atoms with Gasteiger partial charge in [0.05, 0.1) is 0 Å². The van der Waals surface area contributed by atoms with Crippen LogP contribution in [0.2, 0.25) is 0 Å². The van der Waals surface area contributed by atoms with Gasteiger partial charge in [-0.15, -0.1) is 0 Å². The molecule has 1 aromatic carbocycles. The molecule has 1 aliphatic rings. The van der Waals surface area contributed by atoms with E-state index >= 15 is 0 Å². The van der Waals surface area contributed by atoms with Gasteiger partial charge in [-0.3, -0.25) is 0 Å². The van der Waals surface area contributed by atoms with Crippen LogP contribution < -0.4 is 10.6 Å². The molecule has 0 heterocycles. The van der Waals surface area contributed by atoms with Crippen molar-refractivity contribution in [2.45, 2.75) is 44.6 Å². The highest BCUT2D eigenvalue weighted by molar-refractivity contribution is 5.42. The number of anilines is 1. The maximum absolute atomic E-state index is 3.67. The van der Waals surface area contributed by atoms with E-state index in [0.717, 1.165) is 19.1 Å². The molecule has 0 aliphatic heterocycles. The van der Waals surface area contributed by atoms with E-state index in [9.17, 15) is 0 Å². The molecule has 94 valence electrons. The smallest absolute Gasteiger partial charge is 0.0340 e. The van der Waals surface area contributed by atoms with Crippen molar-refractivity contribution in [3.05, 3.63) is 30.3 Å². The first-order chi connectivity index (χ1) is 8.45. The van der Waals surface area contributed by atoms with Gasteiger partial charge in [0.25, 0.3) is 0 Å². The van der Waals surface area contributed by atoms with Crippen molar-refractivity contribution < 1.29 is 0 Å². The first-order valence-electron chi connectivity index (χ1n) is 6.97. The van der Waals surface area contributed by atoms with Crippen LogP contribution >= 0.6 is 0 Å². The Morgan fingerprint density at radius 1 is 0.941 bits per heavy atom. The highest BCUT2D eigenvalue weighted by Gasteiger charge is 2.11. The lowest BCUT2D eigenvalue weighted by Gasteiger charge is -2.22. The first-order valence-corrected chi connectivity index (χ1v) is 6.97. The van der Waals surface area contributed by atoms with Crippen LogP contribution in [0.15, 0.2) is 30.3 Å². The van der Waals surface area contributed by atoms with Gasteiger partial charge < -0.3 is 10.6 Å². The largest absolute Gasteiger partial charge is 0.385 e. The van der Waals surface area contributed by atoms with Crippen molar-refractivity contribution in [1.82, 2.24) is 5.32 Å². The van der Waals surface area contributed by atoms with Crippen molar-refractivity contribution in [2.75, 3.05) is 18.4 Å².